The maximum Gasteiger partial charge on any atom is 0.0821 e. The predicted octanol–water partition coefficient (Wildman–Crippen LogP) is 2.93. The average Bonchev–Trinajstić information content (AvgIpc) is 2.86. The van der Waals surface area contributed by atoms with Crippen LogP contribution < -0.4 is 10.2 Å². The van der Waals surface area contributed by atoms with Gasteiger partial charge in [0.25, 0.3) is 0 Å². The zero-order valence-electron chi connectivity index (χ0n) is 12.9. The number of hydrogen-bond donors (Lipinski definition) is 2. The lowest BCUT2D eigenvalue weighted by molar-refractivity contribution is 0.0559. The van der Waals surface area contributed by atoms with Crippen LogP contribution >= 0.6 is 0 Å². The third kappa shape index (κ3) is 4.22. The Morgan fingerprint density at radius 2 is 1.85 bits per heavy atom. The van der Waals surface area contributed by atoms with E-state index < -0.39 is 5.60 Å². The van der Waals surface area contributed by atoms with Crippen LogP contribution in [0.25, 0.3) is 0 Å². The van der Waals surface area contributed by atoms with E-state index in [4.69, 9.17) is 0 Å². The molecule has 0 spiro atoms. The van der Waals surface area contributed by atoms with Crippen molar-refractivity contribution in [3.05, 3.63) is 29.8 Å². The molecule has 0 amide bonds. The van der Waals surface area contributed by atoms with Gasteiger partial charge in [0.05, 0.1) is 5.60 Å². The van der Waals surface area contributed by atoms with Crippen molar-refractivity contribution >= 4 is 5.69 Å². The number of aliphatic hydroxyl groups is 1. The number of anilines is 1. The second-order valence-corrected chi connectivity index (χ2v) is 6.13. The fourth-order valence-electron chi connectivity index (χ4n) is 3.00. The molecule has 1 aromatic carbocycles. The standard InChI is InChI=1S/C17H28N2O/c1-3-12-18-13-15-6-8-16(9-7-15)19(2)14-17(20)10-4-5-11-17/h6-9,18,20H,3-5,10-14H2,1-2H3. The van der Waals surface area contributed by atoms with Gasteiger partial charge in [-0.15, -0.1) is 0 Å². The van der Waals surface area contributed by atoms with Crippen molar-refractivity contribution in [1.82, 2.24) is 5.32 Å². The Balaban J connectivity index is 1.88. The molecule has 20 heavy (non-hydrogen) atoms. The largest absolute Gasteiger partial charge is 0.388 e. The molecule has 0 atom stereocenters. The number of benzene rings is 1. The van der Waals surface area contributed by atoms with Crippen molar-refractivity contribution in [2.45, 2.75) is 51.2 Å². The van der Waals surface area contributed by atoms with Crippen LogP contribution in [0.2, 0.25) is 0 Å². The molecule has 0 saturated heterocycles. The second-order valence-electron chi connectivity index (χ2n) is 6.13. The summed E-state index contributed by atoms with van der Waals surface area (Å²) in [6.07, 6.45) is 5.37. The highest BCUT2D eigenvalue weighted by Gasteiger charge is 2.32. The fourth-order valence-corrected chi connectivity index (χ4v) is 3.00. The van der Waals surface area contributed by atoms with Crippen molar-refractivity contribution in [2.75, 3.05) is 25.0 Å². The normalized spacial score (nSPS) is 17.4. The molecule has 0 aliphatic heterocycles. The van der Waals surface area contributed by atoms with Crippen molar-refractivity contribution in [1.29, 1.82) is 0 Å². The van der Waals surface area contributed by atoms with Crippen LogP contribution in [0.15, 0.2) is 24.3 Å². The summed E-state index contributed by atoms with van der Waals surface area (Å²) in [4.78, 5) is 2.18. The lowest BCUT2D eigenvalue weighted by atomic mass is 10.0. The smallest absolute Gasteiger partial charge is 0.0821 e. The molecule has 0 bridgehead atoms. The molecule has 112 valence electrons. The molecular weight excluding hydrogens is 248 g/mol. The van der Waals surface area contributed by atoms with Crippen molar-refractivity contribution in [3.63, 3.8) is 0 Å². The topological polar surface area (TPSA) is 35.5 Å². The third-order valence-electron chi connectivity index (χ3n) is 4.20. The summed E-state index contributed by atoms with van der Waals surface area (Å²) in [5, 5.41) is 13.9. The van der Waals surface area contributed by atoms with E-state index in [0.29, 0.717) is 0 Å². The minimum Gasteiger partial charge on any atom is -0.388 e. The molecular formula is C17H28N2O. The molecule has 1 aromatic rings. The van der Waals surface area contributed by atoms with E-state index in [1.807, 2.05) is 0 Å². The van der Waals surface area contributed by atoms with Gasteiger partial charge in [-0.2, -0.15) is 0 Å². The quantitative estimate of drug-likeness (QED) is 0.752. The number of rotatable bonds is 7. The van der Waals surface area contributed by atoms with Gasteiger partial charge in [0, 0.05) is 25.8 Å². The molecule has 1 fully saturated rings. The molecule has 0 aromatic heterocycles. The van der Waals surface area contributed by atoms with Gasteiger partial charge in [-0.3, -0.25) is 0 Å². The number of hydrogen-bond acceptors (Lipinski definition) is 3. The number of likely N-dealkylation sites (N-methyl/N-ethyl adjacent to an activating group) is 1. The van der Waals surface area contributed by atoms with E-state index in [-0.39, 0.29) is 0 Å². The SMILES string of the molecule is CCCNCc1ccc(N(C)CC2(O)CCCC2)cc1. The second kappa shape index (κ2) is 7.09. The van der Waals surface area contributed by atoms with Gasteiger partial charge in [-0.05, 0) is 43.5 Å². The summed E-state index contributed by atoms with van der Waals surface area (Å²) in [6.45, 7) is 4.91. The Morgan fingerprint density at radius 1 is 1.20 bits per heavy atom. The van der Waals surface area contributed by atoms with Crippen LogP contribution in [0.3, 0.4) is 0 Å². The van der Waals surface area contributed by atoms with Crippen LogP contribution in [-0.4, -0.2) is 30.8 Å². The first-order chi connectivity index (χ1) is 9.63. The summed E-state index contributed by atoms with van der Waals surface area (Å²) in [5.74, 6) is 0. The molecule has 3 heteroatoms. The lowest BCUT2D eigenvalue weighted by Crippen LogP contribution is -2.39. The van der Waals surface area contributed by atoms with Crippen molar-refractivity contribution in [3.8, 4) is 0 Å². The summed E-state index contributed by atoms with van der Waals surface area (Å²) in [7, 11) is 2.07. The van der Waals surface area contributed by atoms with Gasteiger partial charge in [0.15, 0.2) is 0 Å². The number of nitrogens with one attached hydrogen (secondary N) is 1. The van der Waals surface area contributed by atoms with Gasteiger partial charge >= 0.3 is 0 Å². The van der Waals surface area contributed by atoms with E-state index in [2.05, 4.69) is 48.5 Å². The highest BCUT2D eigenvalue weighted by atomic mass is 16.3. The van der Waals surface area contributed by atoms with Crippen LogP contribution in [0, 0.1) is 0 Å². The molecule has 0 radical (unpaired) electrons. The summed E-state index contributed by atoms with van der Waals surface area (Å²) < 4.78 is 0. The van der Waals surface area contributed by atoms with Crippen LogP contribution in [-0.2, 0) is 6.54 Å². The average molecular weight is 276 g/mol. The molecule has 1 saturated carbocycles. The minimum atomic E-state index is -0.476. The molecule has 0 unspecified atom stereocenters. The monoisotopic (exact) mass is 276 g/mol. The third-order valence-corrected chi connectivity index (χ3v) is 4.20. The van der Waals surface area contributed by atoms with E-state index in [9.17, 15) is 5.11 Å². The summed E-state index contributed by atoms with van der Waals surface area (Å²) >= 11 is 0. The van der Waals surface area contributed by atoms with Crippen molar-refractivity contribution < 1.29 is 5.11 Å². The first kappa shape index (κ1) is 15.3. The molecule has 1 aliphatic carbocycles. The van der Waals surface area contributed by atoms with Gasteiger partial charge in [-0.25, -0.2) is 0 Å². The molecule has 1 aliphatic rings. The maximum atomic E-state index is 10.5. The number of nitrogens with zero attached hydrogens (tertiary/aromatic N) is 1. The highest BCUT2D eigenvalue weighted by Crippen LogP contribution is 2.31. The van der Waals surface area contributed by atoms with E-state index in [1.54, 1.807) is 0 Å². The van der Waals surface area contributed by atoms with Crippen LogP contribution in [0.4, 0.5) is 5.69 Å². The van der Waals surface area contributed by atoms with Gasteiger partial charge in [0.2, 0.25) is 0 Å². The zero-order valence-corrected chi connectivity index (χ0v) is 12.9. The Hall–Kier alpha value is -1.06. The lowest BCUT2D eigenvalue weighted by Gasteiger charge is -2.30. The minimum absolute atomic E-state index is 0.476. The summed E-state index contributed by atoms with van der Waals surface area (Å²) in [5.41, 5.74) is 2.02. The summed E-state index contributed by atoms with van der Waals surface area (Å²) in [6, 6.07) is 8.66. The fraction of sp³-hybridized carbons (Fsp3) is 0.647. The van der Waals surface area contributed by atoms with E-state index in [0.717, 1.165) is 45.3 Å². The Kier molecular flexibility index (Phi) is 5.44. The Morgan fingerprint density at radius 3 is 2.45 bits per heavy atom. The highest BCUT2D eigenvalue weighted by molar-refractivity contribution is 5.47. The molecule has 2 N–H and O–H groups in total. The van der Waals surface area contributed by atoms with Gasteiger partial charge in [-0.1, -0.05) is 31.9 Å². The van der Waals surface area contributed by atoms with Gasteiger partial charge < -0.3 is 15.3 Å². The van der Waals surface area contributed by atoms with Crippen LogP contribution in [0.5, 0.6) is 0 Å². The molecule has 0 heterocycles. The predicted molar refractivity (Wildman–Crippen MR) is 85.1 cm³/mol. The Bertz CT molecular complexity index is 396. The van der Waals surface area contributed by atoms with Gasteiger partial charge in [0.1, 0.15) is 0 Å². The molecule has 2 rings (SSSR count). The van der Waals surface area contributed by atoms with E-state index in [1.165, 1.54) is 17.7 Å². The van der Waals surface area contributed by atoms with Crippen LogP contribution in [0.1, 0.15) is 44.6 Å². The molecule has 3 nitrogen and oxygen atoms in total. The first-order valence-corrected chi connectivity index (χ1v) is 7.86. The first-order valence-electron chi connectivity index (χ1n) is 7.86. The van der Waals surface area contributed by atoms with Crippen molar-refractivity contribution in [2.24, 2.45) is 0 Å². The Labute approximate surface area is 123 Å². The maximum absolute atomic E-state index is 10.5. The zero-order chi connectivity index (χ0) is 14.4. The van der Waals surface area contributed by atoms with E-state index >= 15 is 0 Å².